The van der Waals surface area contributed by atoms with E-state index in [9.17, 15) is 4.79 Å². The van der Waals surface area contributed by atoms with Gasteiger partial charge in [0.05, 0.1) is 31.1 Å². The summed E-state index contributed by atoms with van der Waals surface area (Å²) in [7, 11) is 0. The number of anilines is 1. The van der Waals surface area contributed by atoms with Gasteiger partial charge >= 0.3 is 0 Å². The van der Waals surface area contributed by atoms with Crippen LogP contribution in [0.1, 0.15) is 65.0 Å². The average Bonchev–Trinajstić information content (AvgIpc) is 2.73. The van der Waals surface area contributed by atoms with Crippen molar-refractivity contribution in [1.29, 1.82) is 0 Å². The first-order valence-corrected chi connectivity index (χ1v) is 11.9. The fourth-order valence-corrected chi connectivity index (χ4v) is 5.55. The fraction of sp³-hybridized carbons (Fsp3) is 0.720. The number of nitrogens with zero attached hydrogens (tertiary/aromatic N) is 1. The van der Waals surface area contributed by atoms with E-state index >= 15 is 4.39 Å². The molecule has 1 aliphatic carbocycles. The predicted molar refractivity (Wildman–Crippen MR) is 120 cm³/mol. The average molecular weight is 433 g/mol. The lowest BCUT2D eigenvalue weighted by Crippen LogP contribution is -2.61. The Hall–Kier alpha value is -1.66. The van der Waals surface area contributed by atoms with E-state index in [1.54, 1.807) is 6.07 Å². The van der Waals surface area contributed by atoms with E-state index in [2.05, 4.69) is 19.2 Å². The minimum absolute atomic E-state index is 0.0654. The lowest BCUT2D eigenvalue weighted by Gasteiger charge is -2.52. The van der Waals surface area contributed by atoms with Crippen LogP contribution in [0.3, 0.4) is 0 Å². The number of carbonyl (C=O) groups excluding carboxylic acids is 1. The van der Waals surface area contributed by atoms with Crippen LogP contribution in [0.2, 0.25) is 0 Å². The first-order valence-electron chi connectivity index (χ1n) is 11.9. The van der Waals surface area contributed by atoms with Crippen molar-refractivity contribution in [3.8, 4) is 0 Å². The number of benzene rings is 1. The molecule has 1 aromatic carbocycles. The van der Waals surface area contributed by atoms with Crippen LogP contribution in [-0.2, 0) is 14.3 Å². The summed E-state index contributed by atoms with van der Waals surface area (Å²) in [6.07, 6.45) is 3.72. The molecule has 0 spiro atoms. The number of hydrogen-bond donors (Lipinski definition) is 1. The van der Waals surface area contributed by atoms with Crippen molar-refractivity contribution in [2.75, 3.05) is 31.2 Å². The van der Waals surface area contributed by atoms with Crippen molar-refractivity contribution in [2.24, 2.45) is 17.8 Å². The van der Waals surface area contributed by atoms with Crippen LogP contribution in [0, 0.1) is 23.6 Å². The summed E-state index contributed by atoms with van der Waals surface area (Å²) in [6.45, 7) is 10.9. The molecule has 0 radical (unpaired) electrons. The number of ether oxygens (including phenoxy) is 2. The summed E-state index contributed by atoms with van der Waals surface area (Å²) < 4.78 is 27.1. The van der Waals surface area contributed by atoms with Crippen molar-refractivity contribution in [3.63, 3.8) is 0 Å². The number of hydrogen-bond acceptors (Lipinski definition) is 4. The SMILES string of the molecule is CC(C)C(=O)N[C@@]1(C)C[C@H](c2ccc(N3CCOCC3)c(F)c2)O[C@@H]2C[C@H](C)CC[C@H]21. The largest absolute Gasteiger partial charge is 0.378 e. The highest BCUT2D eigenvalue weighted by molar-refractivity contribution is 5.78. The van der Waals surface area contributed by atoms with Crippen LogP contribution >= 0.6 is 0 Å². The lowest BCUT2D eigenvalue weighted by molar-refractivity contribution is -0.155. The van der Waals surface area contributed by atoms with Crippen LogP contribution in [-0.4, -0.2) is 43.9 Å². The van der Waals surface area contributed by atoms with Gasteiger partial charge in [-0.15, -0.1) is 0 Å². The number of rotatable bonds is 4. The van der Waals surface area contributed by atoms with Gasteiger partial charge in [0.1, 0.15) is 5.82 Å². The van der Waals surface area contributed by atoms with Gasteiger partial charge in [0, 0.05) is 36.9 Å². The Balaban J connectivity index is 1.58. The van der Waals surface area contributed by atoms with E-state index in [1.165, 1.54) is 0 Å². The molecule has 172 valence electrons. The minimum Gasteiger partial charge on any atom is -0.378 e. The van der Waals surface area contributed by atoms with Gasteiger partial charge in [-0.1, -0.05) is 33.3 Å². The molecule has 1 aromatic rings. The Bertz CT molecular complexity index is 795. The van der Waals surface area contributed by atoms with Crippen LogP contribution < -0.4 is 10.2 Å². The first-order chi connectivity index (χ1) is 14.8. The van der Waals surface area contributed by atoms with E-state index in [0.29, 0.717) is 50.2 Å². The normalized spacial score (nSPS) is 33.8. The Morgan fingerprint density at radius 1 is 1.26 bits per heavy atom. The second-order valence-corrected chi connectivity index (χ2v) is 10.3. The van der Waals surface area contributed by atoms with Gasteiger partial charge in [0.2, 0.25) is 5.91 Å². The third kappa shape index (κ3) is 4.75. The zero-order chi connectivity index (χ0) is 22.2. The summed E-state index contributed by atoms with van der Waals surface area (Å²) in [5, 5.41) is 3.35. The van der Waals surface area contributed by atoms with Gasteiger partial charge in [-0.3, -0.25) is 4.79 Å². The molecule has 1 amide bonds. The molecule has 1 saturated carbocycles. The molecule has 6 heteroatoms. The summed E-state index contributed by atoms with van der Waals surface area (Å²) in [4.78, 5) is 14.7. The highest BCUT2D eigenvalue weighted by Crippen LogP contribution is 2.48. The summed E-state index contributed by atoms with van der Waals surface area (Å²) in [6, 6.07) is 5.50. The van der Waals surface area contributed by atoms with Crippen molar-refractivity contribution in [3.05, 3.63) is 29.6 Å². The number of fused-ring (bicyclic) bond motifs is 1. The third-order valence-electron chi connectivity index (χ3n) is 7.45. The molecule has 2 saturated heterocycles. The van der Waals surface area contributed by atoms with Gasteiger partial charge in [-0.2, -0.15) is 0 Å². The van der Waals surface area contributed by atoms with Crippen LogP contribution in [0.15, 0.2) is 18.2 Å². The monoisotopic (exact) mass is 432 g/mol. The van der Waals surface area contributed by atoms with Crippen molar-refractivity contribution in [2.45, 2.75) is 71.1 Å². The zero-order valence-corrected chi connectivity index (χ0v) is 19.3. The molecule has 3 aliphatic rings. The summed E-state index contributed by atoms with van der Waals surface area (Å²) in [5.41, 5.74) is 1.13. The molecule has 31 heavy (non-hydrogen) atoms. The van der Waals surface area contributed by atoms with E-state index in [0.717, 1.165) is 24.8 Å². The quantitative estimate of drug-likeness (QED) is 0.763. The highest BCUT2D eigenvalue weighted by atomic mass is 19.1. The second-order valence-electron chi connectivity index (χ2n) is 10.3. The number of carbonyl (C=O) groups is 1. The molecule has 4 rings (SSSR count). The molecular formula is C25H37FN2O3. The van der Waals surface area contributed by atoms with Gasteiger partial charge in [0.15, 0.2) is 0 Å². The molecule has 0 unspecified atom stereocenters. The summed E-state index contributed by atoms with van der Waals surface area (Å²) >= 11 is 0. The Morgan fingerprint density at radius 2 is 2.00 bits per heavy atom. The topological polar surface area (TPSA) is 50.8 Å². The van der Waals surface area contributed by atoms with Crippen molar-refractivity contribution in [1.82, 2.24) is 5.32 Å². The fourth-order valence-electron chi connectivity index (χ4n) is 5.55. The molecule has 0 aromatic heterocycles. The van der Waals surface area contributed by atoms with Crippen LogP contribution in [0.4, 0.5) is 10.1 Å². The molecule has 2 heterocycles. The molecule has 1 N–H and O–H groups in total. The number of halogens is 1. The van der Waals surface area contributed by atoms with Crippen molar-refractivity contribution >= 4 is 11.6 Å². The van der Waals surface area contributed by atoms with Gasteiger partial charge in [-0.05, 0) is 43.4 Å². The Labute approximate surface area is 185 Å². The molecular weight excluding hydrogens is 395 g/mol. The van der Waals surface area contributed by atoms with E-state index in [4.69, 9.17) is 9.47 Å². The number of nitrogens with one attached hydrogen (secondary N) is 1. The third-order valence-corrected chi connectivity index (χ3v) is 7.45. The standard InChI is InChI=1S/C25H37FN2O3/c1-16(2)24(29)27-25(4)15-23(31-22-13-17(3)5-7-19(22)25)18-6-8-21(20(26)14-18)28-9-11-30-12-10-28/h6,8,14,16-17,19,22-23H,5,7,9-13,15H2,1-4H3,(H,27,29)/t17-,19-,22-,23-,25+/m1/s1. The van der Waals surface area contributed by atoms with Crippen LogP contribution in [0.5, 0.6) is 0 Å². The number of morpholine rings is 1. The first kappa shape index (κ1) is 22.5. The molecule has 0 bridgehead atoms. The number of amides is 1. The molecule has 2 aliphatic heterocycles. The lowest BCUT2D eigenvalue weighted by atomic mass is 9.66. The van der Waals surface area contributed by atoms with Gasteiger partial charge in [-0.25, -0.2) is 4.39 Å². The summed E-state index contributed by atoms with van der Waals surface area (Å²) in [5.74, 6) is 0.694. The van der Waals surface area contributed by atoms with E-state index < -0.39 is 0 Å². The maximum absolute atomic E-state index is 15.1. The minimum atomic E-state index is -0.353. The van der Waals surface area contributed by atoms with Gasteiger partial charge < -0.3 is 19.7 Å². The van der Waals surface area contributed by atoms with Gasteiger partial charge in [0.25, 0.3) is 0 Å². The Morgan fingerprint density at radius 3 is 2.68 bits per heavy atom. The van der Waals surface area contributed by atoms with Crippen LogP contribution in [0.25, 0.3) is 0 Å². The smallest absolute Gasteiger partial charge is 0.222 e. The second kappa shape index (κ2) is 9.07. The zero-order valence-electron chi connectivity index (χ0n) is 19.3. The van der Waals surface area contributed by atoms with E-state index in [1.807, 2.05) is 30.9 Å². The molecule has 5 atom stereocenters. The Kier molecular flexibility index (Phi) is 6.59. The van der Waals surface area contributed by atoms with E-state index in [-0.39, 0.29) is 35.4 Å². The maximum atomic E-state index is 15.1. The molecule has 3 fully saturated rings. The highest BCUT2D eigenvalue weighted by Gasteiger charge is 2.49. The molecule has 5 nitrogen and oxygen atoms in total. The predicted octanol–water partition coefficient (Wildman–Crippen LogP) is 4.46. The maximum Gasteiger partial charge on any atom is 0.222 e. The van der Waals surface area contributed by atoms with Crippen molar-refractivity contribution < 1.29 is 18.7 Å².